The van der Waals surface area contributed by atoms with E-state index in [1.807, 2.05) is 48.5 Å². The molecule has 0 spiro atoms. The van der Waals surface area contributed by atoms with E-state index in [1.165, 1.54) is 62.3 Å². The number of nitrogens with two attached hydrogens (primary N) is 1. The lowest BCUT2D eigenvalue weighted by Crippen LogP contribution is -2.64. The zero-order chi connectivity index (χ0) is 46.9. The molecule has 6 amide bonds. The zero-order valence-corrected chi connectivity index (χ0v) is 37.3. The van der Waals surface area contributed by atoms with Gasteiger partial charge in [-0.15, -0.1) is 0 Å². The summed E-state index contributed by atoms with van der Waals surface area (Å²) in [6, 6.07) is 25.1. The van der Waals surface area contributed by atoms with Gasteiger partial charge < -0.3 is 42.4 Å². The molecule has 0 saturated heterocycles. The average molecular weight is 862 g/mol. The van der Waals surface area contributed by atoms with Crippen LogP contribution in [0.2, 0.25) is 0 Å². The van der Waals surface area contributed by atoms with Crippen molar-refractivity contribution in [3.63, 3.8) is 0 Å². The normalized spacial score (nSPS) is 13.4. The van der Waals surface area contributed by atoms with E-state index in [0.29, 0.717) is 23.0 Å². The third-order valence-corrected chi connectivity index (χ3v) is 10.3. The van der Waals surface area contributed by atoms with E-state index < -0.39 is 75.7 Å². The molecule has 334 valence electrons. The topological polar surface area (TPSA) is 235 Å². The second-order valence-electron chi connectivity index (χ2n) is 18.0. The monoisotopic (exact) mass is 861 g/mol. The van der Waals surface area contributed by atoms with Crippen molar-refractivity contribution in [2.24, 2.45) is 5.73 Å². The van der Waals surface area contributed by atoms with Crippen molar-refractivity contribution in [3.05, 3.63) is 119 Å². The molecular formula is C48H59N7O8. The summed E-state index contributed by atoms with van der Waals surface area (Å²) in [4.78, 5) is 106. The van der Waals surface area contributed by atoms with Gasteiger partial charge in [0.1, 0.15) is 35.5 Å². The highest BCUT2D eigenvalue weighted by Crippen LogP contribution is 2.18. The Morgan fingerprint density at radius 3 is 1.57 bits per heavy atom. The van der Waals surface area contributed by atoms with Gasteiger partial charge in [-0.25, -0.2) is 0 Å². The van der Waals surface area contributed by atoms with Crippen LogP contribution in [0, 0.1) is 0 Å². The number of rotatable bonds is 19. The predicted octanol–water partition coefficient (Wildman–Crippen LogP) is 2.95. The summed E-state index contributed by atoms with van der Waals surface area (Å²) in [5.74, 6) is -4.33. The molecule has 15 heteroatoms. The Balaban J connectivity index is 1.42. The smallest absolute Gasteiger partial charge is 0.245 e. The number of carbonyl (C=O) groups is 8. The third kappa shape index (κ3) is 13.6. The van der Waals surface area contributed by atoms with Gasteiger partial charge in [-0.05, 0) is 84.2 Å². The maximum absolute atomic E-state index is 13.8. The first kappa shape index (κ1) is 48.9. The molecule has 0 aliphatic rings. The number of ketones is 1. The number of benzene rings is 4. The molecule has 8 N–H and O–H groups in total. The quantitative estimate of drug-likeness (QED) is 0.0542. The summed E-state index contributed by atoms with van der Waals surface area (Å²) >= 11 is 0. The average Bonchev–Trinajstić information content (AvgIpc) is 3.22. The van der Waals surface area contributed by atoms with Crippen molar-refractivity contribution < 1.29 is 38.4 Å². The molecule has 4 rings (SSSR count). The van der Waals surface area contributed by atoms with Gasteiger partial charge in [-0.1, -0.05) is 97.1 Å². The highest BCUT2D eigenvalue weighted by molar-refractivity contribution is 6.09. The van der Waals surface area contributed by atoms with Crippen LogP contribution in [0.4, 0.5) is 0 Å². The molecule has 63 heavy (non-hydrogen) atoms. The van der Waals surface area contributed by atoms with Crippen LogP contribution in [0.1, 0.15) is 89.4 Å². The Hall–Kier alpha value is -6.74. The Morgan fingerprint density at radius 1 is 0.540 bits per heavy atom. The van der Waals surface area contributed by atoms with Gasteiger partial charge in [0.2, 0.25) is 35.4 Å². The zero-order valence-electron chi connectivity index (χ0n) is 37.3. The van der Waals surface area contributed by atoms with Gasteiger partial charge in [0.25, 0.3) is 0 Å². The molecule has 3 unspecified atom stereocenters. The summed E-state index contributed by atoms with van der Waals surface area (Å²) in [5.41, 5.74) is 2.54. The first-order valence-corrected chi connectivity index (χ1v) is 20.6. The molecule has 15 nitrogen and oxygen atoms in total. The second kappa shape index (κ2) is 20.0. The van der Waals surface area contributed by atoms with Crippen LogP contribution in [0.25, 0.3) is 10.8 Å². The van der Waals surface area contributed by atoms with Crippen molar-refractivity contribution >= 4 is 58.3 Å². The lowest BCUT2D eigenvalue weighted by atomic mass is 9.97. The van der Waals surface area contributed by atoms with Gasteiger partial charge in [0, 0.05) is 24.0 Å². The molecule has 4 aromatic carbocycles. The van der Waals surface area contributed by atoms with Crippen molar-refractivity contribution in [1.29, 1.82) is 0 Å². The Labute approximate surface area is 368 Å². The fraction of sp³-hybridized carbons (Fsp3) is 0.375. The number of fused-ring (bicyclic) bond motifs is 1. The molecule has 0 bridgehead atoms. The van der Waals surface area contributed by atoms with Gasteiger partial charge in [-0.2, -0.15) is 0 Å². The number of amides is 6. The van der Waals surface area contributed by atoms with E-state index in [2.05, 4.69) is 31.9 Å². The van der Waals surface area contributed by atoms with Crippen LogP contribution < -0.4 is 37.6 Å². The highest BCUT2D eigenvalue weighted by atomic mass is 16.2. The maximum atomic E-state index is 13.8. The number of carbonyl (C=O) groups excluding carboxylic acids is 8. The van der Waals surface area contributed by atoms with E-state index in [4.69, 9.17) is 5.73 Å². The fourth-order valence-corrected chi connectivity index (χ4v) is 6.29. The van der Waals surface area contributed by atoms with Crippen LogP contribution in [-0.2, 0) is 46.4 Å². The molecule has 0 aliphatic heterocycles. The van der Waals surface area contributed by atoms with Crippen molar-refractivity contribution in [3.8, 4) is 0 Å². The minimum Gasteiger partial charge on any atom is -0.343 e. The number of aldehydes is 1. The third-order valence-electron chi connectivity index (χ3n) is 10.3. The van der Waals surface area contributed by atoms with E-state index in [9.17, 15) is 38.4 Å². The summed E-state index contributed by atoms with van der Waals surface area (Å²) in [5, 5.41) is 17.8. The van der Waals surface area contributed by atoms with Crippen LogP contribution in [0.3, 0.4) is 0 Å². The lowest BCUT2D eigenvalue weighted by Gasteiger charge is -2.32. The van der Waals surface area contributed by atoms with Crippen LogP contribution in [0.15, 0.2) is 97.1 Å². The van der Waals surface area contributed by atoms with Gasteiger partial charge in [0.05, 0.1) is 11.1 Å². The second-order valence-corrected chi connectivity index (χ2v) is 18.0. The molecule has 3 atom stereocenters. The first-order chi connectivity index (χ1) is 29.3. The minimum atomic E-state index is -1.63. The van der Waals surface area contributed by atoms with Crippen molar-refractivity contribution in [2.75, 3.05) is 0 Å². The number of hydrogen-bond donors (Lipinski definition) is 7. The number of hydrogen-bond acceptors (Lipinski definition) is 9. The number of nitrogens with one attached hydrogen (secondary N) is 6. The van der Waals surface area contributed by atoms with Gasteiger partial charge in [-0.3, -0.25) is 33.6 Å². The molecule has 0 heterocycles. The molecule has 0 radical (unpaired) electrons. The Morgan fingerprint density at radius 2 is 1.00 bits per heavy atom. The Bertz CT molecular complexity index is 2350. The molecule has 0 aromatic heterocycles. The molecule has 0 fully saturated rings. The van der Waals surface area contributed by atoms with Crippen LogP contribution in [-0.4, -0.2) is 87.8 Å². The summed E-state index contributed by atoms with van der Waals surface area (Å²) in [6.45, 7) is 13.1. The molecule has 0 saturated carbocycles. The molecule has 0 aliphatic carbocycles. The Kier molecular flexibility index (Phi) is 15.5. The van der Waals surface area contributed by atoms with Crippen LogP contribution in [0.5, 0.6) is 0 Å². The van der Waals surface area contributed by atoms with Gasteiger partial charge in [0.15, 0.2) is 5.78 Å². The lowest BCUT2D eigenvalue weighted by molar-refractivity contribution is -0.138. The standard InChI is InChI=1S/C48H59N7O8/c1-29(50-43(62)47(6,7)55-41(60)37(51-42(61)46(4,5)49)27-31-21-22-32-15-13-14-18-35(32)25-31)39(58)54-48(8,9)44(63)52-36(40(59)53-45(2,3)28-56)26-30-19-23-34(24-20-30)38(57)33-16-11-10-12-17-33/h10-25,28-29,36-37H,26-27,49H2,1-9H3,(H,50,62)(H,51,61)(H,52,63)(H,53,59)(H,54,58)(H,55,60). The predicted molar refractivity (Wildman–Crippen MR) is 240 cm³/mol. The highest BCUT2D eigenvalue weighted by Gasteiger charge is 2.38. The van der Waals surface area contributed by atoms with E-state index in [0.717, 1.165) is 16.3 Å². The van der Waals surface area contributed by atoms with E-state index in [1.54, 1.807) is 48.5 Å². The maximum Gasteiger partial charge on any atom is 0.245 e. The van der Waals surface area contributed by atoms with Gasteiger partial charge >= 0.3 is 0 Å². The largest absolute Gasteiger partial charge is 0.343 e. The molecular weight excluding hydrogens is 803 g/mol. The van der Waals surface area contributed by atoms with E-state index >= 15 is 0 Å². The molecule has 4 aromatic rings. The summed E-state index contributed by atoms with van der Waals surface area (Å²) in [6.07, 6.45) is 0.622. The first-order valence-electron chi connectivity index (χ1n) is 20.6. The van der Waals surface area contributed by atoms with Crippen molar-refractivity contribution in [1.82, 2.24) is 31.9 Å². The summed E-state index contributed by atoms with van der Waals surface area (Å²) in [7, 11) is 0. The summed E-state index contributed by atoms with van der Waals surface area (Å²) < 4.78 is 0. The minimum absolute atomic E-state index is 0.0274. The SMILES string of the molecule is CC(NC(=O)C(C)(C)NC(=O)C(Cc1ccc2ccccc2c1)NC(=O)C(C)(C)N)C(=O)NC(C)(C)C(=O)NC(Cc1ccc(C(=O)c2ccccc2)cc1)C(=O)NC(C)(C)C=O. The fourth-order valence-electron chi connectivity index (χ4n) is 6.29. The van der Waals surface area contributed by atoms with Crippen molar-refractivity contribution in [2.45, 2.75) is 115 Å². The van der Waals surface area contributed by atoms with E-state index in [-0.39, 0.29) is 18.6 Å². The van der Waals surface area contributed by atoms with Crippen LogP contribution >= 0.6 is 0 Å².